The molecule has 1 saturated heterocycles. The van der Waals surface area contributed by atoms with Gasteiger partial charge in [0.15, 0.2) is 11.6 Å². The number of nitrogens with one attached hydrogen (secondary N) is 4. The summed E-state index contributed by atoms with van der Waals surface area (Å²) in [7, 11) is 0. The lowest BCUT2D eigenvalue weighted by atomic mass is 10.1. The molecule has 4 N–H and O–H groups in total. The van der Waals surface area contributed by atoms with Crippen LogP contribution in [-0.4, -0.2) is 42.1 Å². The van der Waals surface area contributed by atoms with Crippen LogP contribution in [0.15, 0.2) is 23.0 Å². The predicted octanol–water partition coefficient (Wildman–Crippen LogP) is 0.307. The van der Waals surface area contributed by atoms with Crippen LogP contribution in [0.5, 0.6) is 0 Å². The van der Waals surface area contributed by atoms with Gasteiger partial charge in [0.25, 0.3) is 5.56 Å². The number of hydrogen-bond acceptors (Lipinski definition) is 5. The van der Waals surface area contributed by atoms with Crippen LogP contribution >= 0.6 is 0 Å². The smallest absolute Gasteiger partial charge is 0.252 e. The number of rotatable bonds is 4. The topological polar surface area (TPSA) is 110 Å². The minimum Gasteiger partial charge on any atom is -0.352 e. The number of aromatic nitrogens is 1. The zero-order chi connectivity index (χ0) is 19.6. The quantitative estimate of drug-likeness (QED) is 0.615. The van der Waals surface area contributed by atoms with E-state index in [9.17, 15) is 18.4 Å². The highest BCUT2D eigenvalue weighted by Crippen LogP contribution is 2.18. The summed E-state index contributed by atoms with van der Waals surface area (Å²) in [5, 5.41) is 17.8. The summed E-state index contributed by atoms with van der Waals surface area (Å²) in [5.41, 5.74) is -0.303. The second-order valence-electron chi connectivity index (χ2n) is 6.58. The Kier molecular flexibility index (Phi) is 5.48. The van der Waals surface area contributed by atoms with E-state index in [1.165, 1.54) is 12.1 Å². The molecule has 3 atom stereocenters. The maximum absolute atomic E-state index is 13.9. The Morgan fingerprint density at radius 1 is 1.37 bits per heavy atom. The number of aromatic amines is 1. The van der Waals surface area contributed by atoms with Crippen molar-refractivity contribution in [2.75, 3.05) is 13.1 Å². The van der Waals surface area contributed by atoms with Gasteiger partial charge >= 0.3 is 0 Å². The van der Waals surface area contributed by atoms with Gasteiger partial charge in [-0.1, -0.05) is 0 Å². The van der Waals surface area contributed by atoms with Crippen molar-refractivity contribution in [2.45, 2.75) is 31.5 Å². The average Bonchev–Trinajstić information content (AvgIpc) is 2.66. The Hall–Kier alpha value is -2.83. The fourth-order valence-corrected chi connectivity index (χ4v) is 3.10. The minimum absolute atomic E-state index is 0.0518. The maximum atomic E-state index is 13.9. The first-order chi connectivity index (χ1) is 12.9. The number of nitriles is 1. The monoisotopic (exact) mass is 375 g/mol. The van der Waals surface area contributed by atoms with Crippen molar-refractivity contribution < 1.29 is 13.6 Å². The highest BCUT2D eigenvalue weighted by Gasteiger charge is 2.25. The third-order valence-electron chi connectivity index (χ3n) is 4.66. The van der Waals surface area contributed by atoms with Crippen LogP contribution < -0.4 is 21.5 Å². The molecule has 2 aromatic rings. The number of halogens is 2. The lowest BCUT2D eigenvalue weighted by molar-refractivity contribution is -0.121. The molecule has 0 saturated carbocycles. The van der Waals surface area contributed by atoms with E-state index in [0.29, 0.717) is 13.1 Å². The van der Waals surface area contributed by atoms with E-state index in [1.54, 1.807) is 0 Å². The van der Waals surface area contributed by atoms with Crippen molar-refractivity contribution in [3.05, 3.63) is 45.8 Å². The molecular weight excluding hydrogens is 356 g/mol. The molecule has 9 heteroatoms. The molecule has 7 nitrogen and oxygen atoms in total. The Balaban J connectivity index is 1.69. The van der Waals surface area contributed by atoms with Gasteiger partial charge in [-0.25, -0.2) is 8.78 Å². The largest absolute Gasteiger partial charge is 0.352 e. The van der Waals surface area contributed by atoms with Gasteiger partial charge < -0.3 is 15.6 Å². The van der Waals surface area contributed by atoms with Gasteiger partial charge in [-0.05, 0) is 25.1 Å². The molecule has 2 heterocycles. The maximum Gasteiger partial charge on any atom is 0.252 e. The van der Waals surface area contributed by atoms with E-state index in [1.807, 2.05) is 6.92 Å². The Morgan fingerprint density at radius 3 is 2.81 bits per heavy atom. The van der Waals surface area contributed by atoms with E-state index in [-0.39, 0.29) is 41.0 Å². The van der Waals surface area contributed by atoms with E-state index < -0.39 is 23.1 Å². The average molecular weight is 375 g/mol. The first-order valence-corrected chi connectivity index (χ1v) is 8.54. The molecule has 1 aliphatic rings. The molecule has 1 aromatic heterocycles. The van der Waals surface area contributed by atoms with Gasteiger partial charge in [0.05, 0.1) is 18.0 Å². The highest BCUT2D eigenvalue weighted by atomic mass is 19.2. The van der Waals surface area contributed by atoms with Crippen molar-refractivity contribution in [2.24, 2.45) is 0 Å². The van der Waals surface area contributed by atoms with E-state index in [4.69, 9.17) is 5.26 Å². The molecule has 0 radical (unpaired) electrons. The summed E-state index contributed by atoms with van der Waals surface area (Å²) >= 11 is 0. The van der Waals surface area contributed by atoms with Crippen LogP contribution in [0.4, 0.5) is 8.78 Å². The Morgan fingerprint density at radius 2 is 2.15 bits per heavy atom. The number of pyridine rings is 1. The van der Waals surface area contributed by atoms with Gasteiger partial charge in [-0.15, -0.1) is 0 Å². The fraction of sp³-hybridized carbons (Fsp3) is 0.389. The zero-order valence-corrected chi connectivity index (χ0v) is 14.6. The lowest BCUT2D eigenvalue weighted by Crippen LogP contribution is -2.61. The standard InChI is InChI=1S/C18H19F2N5O2/c1-9(15-8-22-11(6-21)7-23-15)24-16(26)5-10-4-12-14(25-18(10)27)3-2-13(19)17(12)20/h2-4,9,11,15,22-23H,5,7-8H2,1H3,(H,24,26)(H,25,27)/t9-,11?,15?/m0/s1. The van der Waals surface area contributed by atoms with Crippen LogP contribution in [0.3, 0.4) is 0 Å². The van der Waals surface area contributed by atoms with Gasteiger partial charge in [-0.2, -0.15) is 5.26 Å². The van der Waals surface area contributed by atoms with Crippen LogP contribution in [0.1, 0.15) is 12.5 Å². The fourth-order valence-electron chi connectivity index (χ4n) is 3.10. The number of carbonyl (C=O) groups is 1. The van der Waals surface area contributed by atoms with Crippen molar-refractivity contribution in [3.63, 3.8) is 0 Å². The molecule has 142 valence electrons. The molecule has 2 unspecified atom stereocenters. The lowest BCUT2D eigenvalue weighted by Gasteiger charge is -2.32. The summed E-state index contributed by atoms with van der Waals surface area (Å²) in [4.78, 5) is 26.9. The number of hydrogen-bond donors (Lipinski definition) is 4. The van der Waals surface area contributed by atoms with Crippen molar-refractivity contribution in [3.8, 4) is 6.07 Å². The molecule has 1 fully saturated rings. The molecule has 0 spiro atoms. The van der Waals surface area contributed by atoms with Crippen molar-refractivity contribution in [1.82, 2.24) is 20.9 Å². The van der Waals surface area contributed by atoms with Gasteiger partial charge in [0, 0.05) is 36.1 Å². The Bertz CT molecular complexity index is 961. The van der Waals surface area contributed by atoms with Crippen LogP contribution in [0.2, 0.25) is 0 Å². The third kappa shape index (κ3) is 4.13. The van der Waals surface area contributed by atoms with E-state index in [2.05, 4.69) is 27.0 Å². The summed E-state index contributed by atoms with van der Waals surface area (Å²) < 4.78 is 27.3. The summed E-state index contributed by atoms with van der Waals surface area (Å²) in [6.07, 6.45) is -0.257. The highest BCUT2D eigenvalue weighted by molar-refractivity contribution is 5.83. The number of amides is 1. The number of carbonyl (C=O) groups excluding carboxylic acids is 1. The molecular formula is C18H19F2N5O2. The van der Waals surface area contributed by atoms with Crippen molar-refractivity contribution in [1.29, 1.82) is 5.26 Å². The zero-order valence-electron chi connectivity index (χ0n) is 14.6. The summed E-state index contributed by atoms with van der Waals surface area (Å²) in [6, 6.07) is 4.93. The SMILES string of the molecule is C[C@H](NC(=O)Cc1cc2c(F)c(F)ccc2[nH]c1=O)C1CNC(C#N)CN1. The van der Waals surface area contributed by atoms with Crippen LogP contribution in [-0.2, 0) is 11.2 Å². The number of fused-ring (bicyclic) bond motifs is 1. The summed E-state index contributed by atoms with van der Waals surface area (Å²) in [5.74, 6) is -2.50. The molecule has 1 aromatic carbocycles. The minimum atomic E-state index is -1.07. The third-order valence-corrected chi connectivity index (χ3v) is 4.66. The number of piperazine rings is 1. The second-order valence-corrected chi connectivity index (χ2v) is 6.58. The molecule has 0 bridgehead atoms. The molecule has 3 rings (SSSR count). The normalized spacial score (nSPS) is 20.8. The van der Waals surface area contributed by atoms with Gasteiger partial charge in [0.2, 0.25) is 5.91 Å². The predicted molar refractivity (Wildman–Crippen MR) is 95.0 cm³/mol. The number of nitrogens with zero attached hydrogens (tertiary/aromatic N) is 1. The van der Waals surface area contributed by atoms with Crippen molar-refractivity contribution >= 4 is 16.8 Å². The molecule has 27 heavy (non-hydrogen) atoms. The second kappa shape index (κ2) is 7.82. The molecule has 0 aliphatic carbocycles. The Labute approximate surface area is 153 Å². The molecule has 1 amide bonds. The molecule has 1 aliphatic heterocycles. The van der Waals surface area contributed by atoms with Crippen LogP contribution in [0.25, 0.3) is 10.9 Å². The number of benzene rings is 1. The van der Waals surface area contributed by atoms with Crippen LogP contribution in [0, 0.1) is 23.0 Å². The van der Waals surface area contributed by atoms with Gasteiger partial charge in [-0.3, -0.25) is 14.9 Å². The van der Waals surface area contributed by atoms with E-state index in [0.717, 1.165) is 6.07 Å². The number of H-pyrrole nitrogens is 1. The summed E-state index contributed by atoms with van der Waals surface area (Å²) in [6.45, 7) is 2.79. The first kappa shape index (κ1) is 18.9. The van der Waals surface area contributed by atoms with Gasteiger partial charge in [0.1, 0.15) is 6.04 Å². The van der Waals surface area contributed by atoms with E-state index >= 15 is 0 Å². The first-order valence-electron chi connectivity index (χ1n) is 8.54.